The molecular weight excluding hydrogens is 164 g/mol. The van der Waals surface area contributed by atoms with Gasteiger partial charge in [0, 0.05) is 25.2 Å². The minimum absolute atomic E-state index is 0.108. The monoisotopic (exact) mass is 184 g/mol. The van der Waals surface area contributed by atoms with Crippen LogP contribution in [0.3, 0.4) is 0 Å². The number of nitrogens with zero attached hydrogens (tertiary/aromatic N) is 2. The number of likely N-dealkylation sites (N-methyl/N-ethyl adjacent to an activating group) is 1. The largest absolute Gasteiger partial charge is 0.343 e. The maximum Gasteiger partial charge on any atom is 0.236 e. The van der Waals surface area contributed by atoms with Crippen molar-refractivity contribution in [2.75, 3.05) is 20.1 Å². The summed E-state index contributed by atoms with van der Waals surface area (Å²) in [6, 6.07) is 0.438. The Morgan fingerprint density at radius 1 is 1.38 bits per heavy atom. The summed E-state index contributed by atoms with van der Waals surface area (Å²) in [4.78, 5) is 15.6. The molecule has 1 aliphatic heterocycles. The van der Waals surface area contributed by atoms with E-state index in [1.165, 1.54) is 0 Å². The van der Waals surface area contributed by atoms with Gasteiger partial charge in [0.15, 0.2) is 0 Å². The number of hydrogen-bond acceptors (Lipinski definition) is 2. The van der Waals surface area contributed by atoms with Crippen LogP contribution < -0.4 is 0 Å². The summed E-state index contributed by atoms with van der Waals surface area (Å²) in [5.74, 6) is 0.230. The third-order valence-electron chi connectivity index (χ3n) is 2.76. The second kappa shape index (κ2) is 3.29. The van der Waals surface area contributed by atoms with Crippen LogP contribution in [0.5, 0.6) is 0 Å². The van der Waals surface area contributed by atoms with E-state index in [1.807, 2.05) is 11.9 Å². The molecule has 0 aromatic carbocycles. The Labute approximate surface area is 80.7 Å². The van der Waals surface area contributed by atoms with Crippen LogP contribution in [-0.2, 0) is 4.79 Å². The van der Waals surface area contributed by atoms with Gasteiger partial charge in [0.05, 0.1) is 6.54 Å². The van der Waals surface area contributed by atoms with Crippen molar-refractivity contribution in [3.8, 4) is 0 Å². The van der Waals surface area contributed by atoms with E-state index in [0.29, 0.717) is 12.6 Å². The number of carbonyl (C=O) groups is 1. The summed E-state index contributed by atoms with van der Waals surface area (Å²) in [7, 11) is 1.88. The zero-order chi connectivity index (χ0) is 10.2. The molecule has 0 aromatic heterocycles. The first-order valence-electron chi connectivity index (χ1n) is 4.85. The van der Waals surface area contributed by atoms with E-state index in [1.54, 1.807) is 0 Å². The van der Waals surface area contributed by atoms with Crippen LogP contribution in [0.15, 0.2) is 0 Å². The number of piperazine rings is 1. The highest BCUT2D eigenvalue weighted by atomic mass is 16.2. The summed E-state index contributed by atoms with van der Waals surface area (Å²) >= 11 is 0. The average molecular weight is 184 g/mol. The first-order valence-corrected chi connectivity index (χ1v) is 4.85. The minimum Gasteiger partial charge on any atom is -0.343 e. The summed E-state index contributed by atoms with van der Waals surface area (Å²) in [5, 5.41) is 0. The molecule has 0 radical (unpaired) electrons. The lowest BCUT2D eigenvalue weighted by Crippen LogP contribution is -2.62. The molecule has 0 saturated carbocycles. The highest BCUT2D eigenvalue weighted by Gasteiger charge is 2.37. The van der Waals surface area contributed by atoms with Gasteiger partial charge in [-0.1, -0.05) is 0 Å². The Morgan fingerprint density at radius 3 is 2.38 bits per heavy atom. The third kappa shape index (κ3) is 2.02. The molecule has 3 heteroatoms. The second-order valence-corrected chi connectivity index (χ2v) is 4.78. The molecule has 3 nitrogen and oxygen atoms in total. The predicted octanol–water partition coefficient (Wildman–Crippen LogP) is 0.947. The molecule has 0 spiro atoms. The van der Waals surface area contributed by atoms with Gasteiger partial charge in [-0.05, 0) is 27.7 Å². The van der Waals surface area contributed by atoms with Gasteiger partial charge in [0.1, 0.15) is 0 Å². The third-order valence-corrected chi connectivity index (χ3v) is 2.76. The first-order chi connectivity index (χ1) is 5.84. The van der Waals surface area contributed by atoms with E-state index in [9.17, 15) is 4.79 Å². The van der Waals surface area contributed by atoms with Crippen LogP contribution in [-0.4, -0.2) is 47.4 Å². The van der Waals surface area contributed by atoms with Crippen molar-refractivity contribution in [1.82, 2.24) is 9.80 Å². The lowest BCUT2D eigenvalue weighted by Gasteiger charge is -2.47. The van der Waals surface area contributed by atoms with Crippen molar-refractivity contribution in [2.24, 2.45) is 0 Å². The van der Waals surface area contributed by atoms with Crippen LogP contribution >= 0.6 is 0 Å². The molecule has 76 valence electrons. The molecule has 0 aromatic rings. The molecule has 1 rings (SSSR count). The first kappa shape index (κ1) is 10.5. The van der Waals surface area contributed by atoms with E-state index in [-0.39, 0.29) is 11.4 Å². The molecule has 0 aliphatic carbocycles. The van der Waals surface area contributed by atoms with E-state index in [0.717, 1.165) is 6.54 Å². The van der Waals surface area contributed by atoms with Crippen molar-refractivity contribution in [3.05, 3.63) is 0 Å². The van der Waals surface area contributed by atoms with Crippen LogP contribution in [0.1, 0.15) is 27.7 Å². The summed E-state index contributed by atoms with van der Waals surface area (Å²) < 4.78 is 0. The molecule has 0 N–H and O–H groups in total. The topological polar surface area (TPSA) is 23.6 Å². The zero-order valence-electron chi connectivity index (χ0n) is 9.29. The van der Waals surface area contributed by atoms with Crippen molar-refractivity contribution in [3.63, 3.8) is 0 Å². The van der Waals surface area contributed by atoms with Crippen LogP contribution in [0.2, 0.25) is 0 Å². The molecule has 0 bridgehead atoms. The number of hydrogen-bond donors (Lipinski definition) is 0. The van der Waals surface area contributed by atoms with Gasteiger partial charge in [0.2, 0.25) is 5.91 Å². The van der Waals surface area contributed by atoms with Gasteiger partial charge in [-0.2, -0.15) is 0 Å². The Bertz CT molecular complexity index is 211. The minimum atomic E-state index is 0.108. The highest BCUT2D eigenvalue weighted by molar-refractivity contribution is 5.79. The normalized spacial score (nSPS) is 24.2. The number of carbonyl (C=O) groups excluding carboxylic acids is 1. The van der Waals surface area contributed by atoms with Gasteiger partial charge in [0.25, 0.3) is 0 Å². The standard InChI is InChI=1S/C10H20N2O/c1-8(2)12-6-9(13)11(5)7-10(12,3)4/h8H,6-7H2,1-5H3. The fourth-order valence-corrected chi connectivity index (χ4v) is 2.12. The number of rotatable bonds is 1. The molecule has 13 heavy (non-hydrogen) atoms. The predicted molar refractivity (Wildman–Crippen MR) is 53.6 cm³/mol. The van der Waals surface area contributed by atoms with Crippen molar-refractivity contribution >= 4 is 5.91 Å². The smallest absolute Gasteiger partial charge is 0.236 e. The van der Waals surface area contributed by atoms with Crippen molar-refractivity contribution in [1.29, 1.82) is 0 Å². The zero-order valence-corrected chi connectivity index (χ0v) is 9.29. The van der Waals surface area contributed by atoms with E-state index in [2.05, 4.69) is 32.6 Å². The average Bonchev–Trinajstić information content (AvgIpc) is 1.95. The van der Waals surface area contributed by atoms with Crippen LogP contribution in [0, 0.1) is 0 Å². The van der Waals surface area contributed by atoms with Gasteiger partial charge in [-0.25, -0.2) is 0 Å². The molecule has 1 fully saturated rings. The van der Waals surface area contributed by atoms with Gasteiger partial charge < -0.3 is 4.90 Å². The lowest BCUT2D eigenvalue weighted by atomic mass is 9.97. The molecular formula is C10H20N2O. The van der Waals surface area contributed by atoms with Crippen molar-refractivity contribution in [2.45, 2.75) is 39.3 Å². The summed E-state index contributed by atoms with van der Waals surface area (Å²) in [6.07, 6.45) is 0. The molecule has 1 aliphatic rings. The Morgan fingerprint density at radius 2 is 1.92 bits per heavy atom. The Hall–Kier alpha value is -0.570. The van der Waals surface area contributed by atoms with Gasteiger partial charge in [-0.3, -0.25) is 9.69 Å². The Balaban J connectivity index is 2.79. The van der Waals surface area contributed by atoms with E-state index in [4.69, 9.17) is 0 Å². The van der Waals surface area contributed by atoms with Gasteiger partial charge >= 0.3 is 0 Å². The fourth-order valence-electron chi connectivity index (χ4n) is 2.12. The quantitative estimate of drug-likeness (QED) is 0.605. The molecule has 0 unspecified atom stereocenters. The fraction of sp³-hybridized carbons (Fsp3) is 0.900. The van der Waals surface area contributed by atoms with Crippen LogP contribution in [0.25, 0.3) is 0 Å². The molecule has 1 amide bonds. The maximum absolute atomic E-state index is 11.5. The van der Waals surface area contributed by atoms with Crippen molar-refractivity contribution < 1.29 is 4.79 Å². The number of amides is 1. The van der Waals surface area contributed by atoms with Crippen LogP contribution in [0.4, 0.5) is 0 Å². The SMILES string of the molecule is CC(C)N1CC(=O)N(C)CC1(C)C. The Kier molecular flexibility index (Phi) is 2.66. The van der Waals surface area contributed by atoms with Gasteiger partial charge in [-0.15, -0.1) is 0 Å². The molecule has 0 atom stereocenters. The van der Waals surface area contributed by atoms with E-state index >= 15 is 0 Å². The second-order valence-electron chi connectivity index (χ2n) is 4.78. The maximum atomic E-state index is 11.5. The summed E-state index contributed by atoms with van der Waals surface area (Å²) in [6.45, 7) is 10.0. The lowest BCUT2D eigenvalue weighted by molar-refractivity contribution is -0.141. The highest BCUT2D eigenvalue weighted by Crippen LogP contribution is 2.22. The molecule has 1 heterocycles. The summed E-state index contributed by atoms with van der Waals surface area (Å²) in [5.41, 5.74) is 0.108. The van der Waals surface area contributed by atoms with E-state index < -0.39 is 0 Å². The molecule has 1 saturated heterocycles.